The number of nitrogens with zero attached hydrogens (tertiary/aromatic N) is 5. The van der Waals surface area contributed by atoms with Crippen LogP contribution in [-0.2, 0) is 11.3 Å². The Morgan fingerprint density at radius 1 is 1.13 bits per heavy atom. The highest BCUT2D eigenvalue weighted by molar-refractivity contribution is 5.90. The van der Waals surface area contributed by atoms with Gasteiger partial charge in [0.25, 0.3) is 5.91 Å². The van der Waals surface area contributed by atoms with Gasteiger partial charge in [0.1, 0.15) is 17.7 Å². The molecule has 4 aromatic rings. The van der Waals surface area contributed by atoms with Crippen molar-refractivity contribution in [2.45, 2.75) is 32.4 Å². The molecular weight excluding hydrogens is 577 g/mol. The summed E-state index contributed by atoms with van der Waals surface area (Å²) < 4.78 is 20.0. The number of anilines is 1. The van der Waals surface area contributed by atoms with E-state index in [0.29, 0.717) is 29.2 Å². The number of aromatic nitrogens is 3. The number of nitrogens with one attached hydrogen (secondary N) is 2. The molecule has 230 valence electrons. The highest BCUT2D eigenvalue weighted by atomic mass is 19.1. The van der Waals surface area contributed by atoms with Gasteiger partial charge in [0.15, 0.2) is 17.3 Å². The van der Waals surface area contributed by atoms with E-state index in [-0.39, 0.29) is 17.4 Å². The van der Waals surface area contributed by atoms with Crippen LogP contribution in [0.3, 0.4) is 0 Å². The number of hydrogen-bond donors (Lipinski definition) is 4. The van der Waals surface area contributed by atoms with Gasteiger partial charge in [0, 0.05) is 67.0 Å². The summed E-state index contributed by atoms with van der Waals surface area (Å²) >= 11 is 0. The molecule has 0 unspecified atom stereocenters. The number of rotatable bonds is 9. The maximum atomic E-state index is 14.8. The number of halogens is 1. The molecule has 1 amide bonds. The van der Waals surface area contributed by atoms with Gasteiger partial charge in [-0.1, -0.05) is 12.1 Å². The summed E-state index contributed by atoms with van der Waals surface area (Å²) in [6, 6.07) is 11.8. The molecule has 0 radical (unpaired) electrons. The fourth-order valence-corrected chi connectivity index (χ4v) is 5.42. The number of carbonyl (C=O) groups is 1. The van der Waals surface area contributed by atoms with Crippen molar-refractivity contribution in [3.8, 4) is 39.8 Å². The van der Waals surface area contributed by atoms with Gasteiger partial charge in [-0.2, -0.15) is 5.26 Å². The minimum absolute atomic E-state index is 0.0188. The van der Waals surface area contributed by atoms with Crippen LogP contribution in [-0.4, -0.2) is 57.4 Å². The van der Waals surface area contributed by atoms with Crippen LogP contribution in [0, 0.1) is 24.1 Å². The van der Waals surface area contributed by atoms with E-state index in [0.717, 1.165) is 60.1 Å². The molecule has 1 fully saturated rings. The van der Waals surface area contributed by atoms with Crippen LogP contribution >= 0.6 is 0 Å². The van der Waals surface area contributed by atoms with Crippen LogP contribution < -0.4 is 20.4 Å². The van der Waals surface area contributed by atoms with E-state index in [4.69, 9.17) is 14.9 Å². The van der Waals surface area contributed by atoms with Gasteiger partial charge < -0.3 is 20.1 Å². The number of amides is 1. The Kier molecular flexibility index (Phi) is 9.62. The van der Waals surface area contributed by atoms with Crippen molar-refractivity contribution in [2.24, 2.45) is 0 Å². The molecule has 5 rings (SSSR count). The largest absolute Gasteiger partial charge is 0.504 e. The highest BCUT2D eigenvalue weighted by Crippen LogP contribution is 2.41. The molecule has 1 aliphatic rings. The molecule has 0 bridgehead atoms. The minimum atomic E-state index is -0.658. The zero-order valence-electron chi connectivity index (χ0n) is 24.8. The van der Waals surface area contributed by atoms with E-state index in [9.17, 15) is 19.6 Å². The van der Waals surface area contributed by atoms with Gasteiger partial charge >= 0.3 is 0 Å². The Balaban J connectivity index is 1.33. The Hall–Kier alpha value is -5.38. The second-order valence-corrected chi connectivity index (χ2v) is 10.6. The maximum Gasteiger partial charge on any atom is 0.267 e. The Labute approximate surface area is 259 Å². The Bertz CT molecular complexity index is 1760. The number of nitriles is 1. The molecule has 0 saturated carbocycles. The predicted molar refractivity (Wildman–Crippen MR) is 166 cm³/mol. The summed E-state index contributed by atoms with van der Waals surface area (Å²) in [5.74, 6) is 0.212. The fraction of sp³-hybridized carbons (Fsp3) is 0.242. The van der Waals surface area contributed by atoms with E-state index in [1.54, 1.807) is 36.8 Å². The first-order valence-electron chi connectivity index (χ1n) is 14.3. The second-order valence-electron chi connectivity index (χ2n) is 10.6. The first-order valence-corrected chi connectivity index (χ1v) is 14.3. The average Bonchev–Trinajstić information content (AvgIpc) is 3.06. The summed E-state index contributed by atoms with van der Waals surface area (Å²) in [5.41, 5.74) is 6.03. The molecule has 0 aliphatic carbocycles. The zero-order chi connectivity index (χ0) is 31.9. The summed E-state index contributed by atoms with van der Waals surface area (Å²) in [6.45, 7) is 4.05. The standard InChI is InChI=1S/C33H32FN7O4/c1-20-32(23-3-4-24(15-35)27(34)13-23)26(22-5-6-29(45-2)28(42)14-22)19-39-33(20)41-11-9-25(10-12-41)36-16-21-17-37-30(38-18-21)7-8-31(43)40-44/h3-8,13-14,17-19,25,36,42,44H,9-12,16H2,1-2H3,(H,40,43)/b8-7+. The van der Waals surface area contributed by atoms with Crippen LogP contribution in [0.4, 0.5) is 10.2 Å². The number of phenolic OH excluding ortho intramolecular Hbond substituents is 1. The third-order valence-corrected chi connectivity index (χ3v) is 7.77. The summed E-state index contributed by atoms with van der Waals surface area (Å²) in [6.07, 6.45) is 9.41. The molecule has 3 heterocycles. The Morgan fingerprint density at radius 3 is 2.51 bits per heavy atom. The number of pyridine rings is 1. The van der Waals surface area contributed by atoms with Gasteiger partial charge in [-0.15, -0.1) is 0 Å². The monoisotopic (exact) mass is 609 g/mol. The molecule has 2 aromatic carbocycles. The molecule has 1 aliphatic heterocycles. The van der Waals surface area contributed by atoms with Crippen LogP contribution in [0.5, 0.6) is 11.5 Å². The molecule has 1 saturated heterocycles. The van der Waals surface area contributed by atoms with E-state index in [1.165, 1.54) is 30.8 Å². The van der Waals surface area contributed by atoms with Crippen molar-refractivity contribution < 1.29 is 24.2 Å². The van der Waals surface area contributed by atoms with Crippen molar-refractivity contribution >= 4 is 17.8 Å². The minimum Gasteiger partial charge on any atom is -0.504 e. The third-order valence-electron chi connectivity index (χ3n) is 7.77. The fourth-order valence-electron chi connectivity index (χ4n) is 5.42. The molecular formula is C33H32FN7O4. The molecule has 4 N–H and O–H groups in total. The number of aromatic hydroxyl groups is 1. The quantitative estimate of drug-likeness (QED) is 0.121. The van der Waals surface area contributed by atoms with Crippen LogP contribution in [0.25, 0.3) is 28.3 Å². The number of hydrogen-bond acceptors (Lipinski definition) is 10. The predicted octanol–water partition coefficient (Wildman–Crippen LogP) is 4.52. The van der Waals surface area contributed by atoms with Crippen molar-refractivity contribution in [1.29, 1.82) is 5.26 Å². The molecule has 2 aromatic heterocycles. The summed E-state index contributed by atoms with van der Waals surface area (Å²) in [5, 5.41) is 31.9. The molecule has 45 heavy (non-hydrogen) atoms. The lowest BCUT2D eigenvalue weighted by atomic mass is 9.91. The van der Waals surface area contributed by atoms with E-state index < -0.39 is 11.7 Å². The first-order chi connectivity index (χ1) is 21.8. The number of piperidine rings is 1. The molecule has 12 heteroatoms. The summed E-state index contributed by atoms with van der Waals surface area (Å²) in [7, 11) is 1.48. The molecule has 11 nitrogen and oxygen atoms in total. The highest BCUT2D eigenvalue weighted by Gasteiger charge is 2.24. The number of carbonyl (C=O) groups excluding carboxylic acids is 1. The average molecular weight is 610 g/mol. The number of benzene rings is 2. The van der Waals surface area contributed by atoms with Gasteiger partial charge in [-0.05, 0) is 66.8 Å². The van der Waals surface area contributed by atoms with Crippen molar-refractivity contribution in [3.05, 3.63) is 89.4 Å². The normalized spacial score (nSPS) is 13.5. The number of methoxy groups -OCH3 is 1. The molecule has 0 spiro atoms. The lowest BCUT2D eigenvalue weighted by Crippen LogP contribution is -2.42. The smallest absolute Gasteiger partial charge is 0.267 e. The van der Waals surface area contributed by atoms with Gasteiger partial charge in [0.05, 0.1) is 12.7 Å². The van der Waals surface area contributed by atoms with E-state index >= 15 is 0 Å². The number of ether oxygens (including phenoxy) is 1. The molecule has 0 atom stereocenters. The van der Waals surface area contributed by atoms with Crippen LogP contribution in [0.2, 0.25) is 0 Å². The van der Waals surface area contributed by atoms with Crippen molar-refractivity contribution in [3.63, 3.8) is 0 Å². The first kappa shape index (κ1) is 31.1. The maximum absolute atomic E-state index is 14.8. The topological polar surface area (TPSA) is 157 Å². The summed E-state index contributed by atoms with van der Waals surface area (Å²) in [4.78, 5) is 26.6. The SMILES string of the molecule is COc1ccc(-c2cnc(N3CCC(NCc4cnc(/C=C/C(=O)NO)nc4)CC3)c(C)c2-c2ccc(C#N)c(F)c2)cc1O. The van der Waals surface area contributed by atoms with Gasteiger partial charge in [0.2, 0.25) is 0 Å². The van der Waals surface area contributed by atoms with Crippen LogP contribution in [0.15, 0.2) is 61.1 Å². The lowest BCUT2D eigenvalue weighted by molar-refractivity contribution is -0.124. The van der Waals surface area contributed by atoms with Crippen molar-refractivity contribution in [2.75, 3.05) is 25.1 Å². The third kappa shape index (κ3) is 7.06. The van der Waals surface area contributed by atoms with Crippen LogP contribution in [0.1, 0.15) is 35.4 Å². The number of phenols is 1. The van der Waals surface area contributed by atoms with E-state index in [2.05, 4.69) is 20.2 Å². The number of hydroxylamine groups is 1. The second kappa shape index (κ2) is 13.9. The zero-order valence-corrected chi connectivity index (χ0v) is 24.8. The lowest BCUT2D eigenvalue weighted by Gasteiger charge is -2.34. The van der Waals surface area contributed by atoms with Crippen molar-refractivity contribution in [1.82, 2.24) is 25.7 Å². The van der Waals surface area contributed by atoms with Gasteiger partial charge in [-0.3, -0.25) is 10.0 Å². The van der Waals surface area contributed by atoms with E-state index in [1.807, 2.05) is 19.1 Å². The van der Waals surface area contributed by atoms with Gasteiger partial charge in [-0.25, -0.2) is 24.8 Å². The Morgan fingerprint density at radius 2 is 1.87 bits per heavy atom.